The van der Waals surface area contributed by atoms with Crippen LogP contribution < -0.4 is 0 Å². The van der Waals surface area contributed by atoms with Crippen molar-refractivity contribution < 1.29 is 43.0 Å². The minimum Gasteiger partial charge on any atom is -0.457 e. The summed E-state index contributed by atoms with van der Waals surface area (Å²) in [5, 5.41) is 18.4. The Morgan fingerprint density at radius 2 is 0.818 bits per heavy atom. The topological polar surface area (TPSA) is 132 Å². The smallest absolute Gasteiger partial charge is 0.457 e. The molecule has 0 aliphatic rings. The molecule has 0 aromatic heterocycles. The molecule has 3 atom stereocenters. The molecule has 0 aromatic rings. The van der Waals surface area contributed by atoms with Crippen molar-refractivity contribution in [2.75, 3.05) is 33.0 Å². The van der Waals surface area contributed by atoms with Crippen LogP contribution in [0.5, 0.6) is 0 Å². The number of hydrogen-bond donors (Lipinski definition) is 3. The van der Waals surface area contributed by atoms with Crippen LogP contribution in [0.15, 0.2) is 146 Å². The summed E-state index contributed by atoms with van der Waals surface area (Å²) in [6.07, 6.45) is 71.0. The number of hydrogen-bond acceptors (Lipinski definition) is 8. The molecule has 9 nitrogen and oxygen atoms in total. The van der Waals surface area contributed by atoms with E-state index in [1.807, 2.05) is 6.08 Å². The van der Waals surface area contributed by atoms with E-state index in [-0.39, 0.29) is 13.0 Å². The number of allylic oxidation sites excluding steroid dienone is 24. The largest absolute Gasteiger partial charge is 0.472 e. The second kappa shape index (κ2) is 50.7. The number of aliphatic hydroxyl groups excluding tert-OH is 2. The van der Waals surface area contributed by atoms with Gasteiger partial charge in [-0.15, -0.1) is 0 Å². The van der Waals surface area contributed by atoms with Gasteiger partial charge in [0.25, 0.3) is 0 Å². The van der Waals surface area contributed by atoms with Gasteiger partial charge >= 0.3 is 13.8 Å². The molecule has 10 heteroatoms. The van der Waals surface area contributed by atoms with Crippen molar-refractivity contribution >= 4 is 13.8 Å². The van der Waals surface area contributed by atoms with Gasteiger partial charge in [-0.2, -0.15) is 0 Å². The molecule has 0 saturated carbocycles. The van der Waals surface area contributed by atoms with Crippen LogP contribution in [-0.4, -0.2) is 66.3 Å². The quantitative estimate of drug-likeness (QED) is 0.0236. The molecule has 0 rings (SSSR count). The first-order valence-corrected chi connectivity index (χ1v) is 26.3. The van der Waals surface area contributed by atoms with E-state index < -0.39 is 45.8 Å². The summed E-state index contributed by atoms with van der Waals surface area (Å²) in [5.41, 5.74) is 0. The van der Waals surface area contributed by atoms with Gasteiger partial charge in [0, 0.05) is 13.0 Å². The van der Waals surface area contributed by atoms with E-state index in [1.165, 1.54) is 12.8 Å². The van der Waals surface area contributed by atoms with Crippen LogP contribution in [0.1, 0.15) is 155 Å². The normalized spacial score (nSPS) is 15.0. The lowest BCUT2D eigenvalue weighted by Gasteiger charge is -2.20. The second-order valence-corrected chi connectivity index (χ2v) is 17.2. The highest BCUT2D eigenvalue weighted by molar-refractivity contribution is 7.47. The zero-order chi connectivity index (χ0) is 48.1. The van der Waals surface area contributed by atoms with Crippen molar-refractivity contribution in [3.63, 3.8) is 0 Å². The minimum absolute atomic E-state index is 0.00408. The molecule has 66 heavy (non-hydrogen) atoms. The first kappa shape index (κ1) is 62.3. The SMILES string of the molecule is CC/C=C\C/C=C\C/C=C\C/C=C\C/C=C\C/C=C\C/C=C\CCCC(=O)OC(COCCCCCCCC/C=C\C/C=C\C/C=C\C/C=C\C/C=C\CC)COP(=O)(O)OCC(O)CO. The van der Waals surface area contributed by atoms with Crippen LogP contribution in [0.3, 0.4) is 0 Å². The van der Waals surface area contributed by atoms with Crippen LogP contribution in [0.25, 0.3) is 0 Å². The zero-order valence-electron chi connectivity index (χ0n) is 40.8. The molecule has 0 aliphatic heterocycles. The molecule has 0 bridgehead atoms. The van der Waals surface area contributed by atoms with Crippen molar-refractivity contribution in [3.8, 4) is 0 Å². The fraction of sp³-hybridized carbons (Fsp3) is 0.554. The molecule has 0 aromatic carbocycles. The molecule has 0 aliphatic carbocycles. The number of carbonyl (C=O) groups is 1. The van der Waals surface area contributed by atoms with Gasteiger partial charge in [0.2, 0.25) is 0 Å². The number of ether oxygens (including phenoxy) is 2. The van der Waals surface area contributed by atoms with Crippen LogP contribution >= 0.6 is 7.82 Å². The monoisotopic (exact) mass is 937 g/mol. The highest BCUT2D eigenvalue weighted by Gasteiger charge is 2.26. The highest BCUT2D eigenvalue weighted by atomic mass is 31.2. The van der Waals surface area contributed by atoms with Gasteiger partial charge in [0.1, 0.15) is 12.2 Å². The van der Waals surface area contributed by atoms with Gasteiger partial charge in [0.15, 0.2) is 0 Å². The maximum atomic E-state index is 12.7. The van der Waals surface area contributed by atoms with Crippen molar-refractivity contribution in [2.45, 2.75) is 167 Å². The van der Waals surface area contributed by atoms with E-state index in [2.05, 4.69) is 154 Å². The molecule has 0 saturated heterocycles. The van der Waals surface area contributed by atoms with Gasteiger partial charge < -0.3 is 24.6 Å². The summed E-state index contributed by atoms with van der Waals surface area (Å²) in [4.78, 5) is 22.7. The number of rotatable bonds is 45. The lowest BCUT2D eigenvalue weighted by molar-refractivity contribution is -0.154. The molecule has 0 heterocycles. The Labute approximate surface area is 401 Å². The third kappa shape index (κ3) is 49.8. The Balaban J connectivity index is 4.30. The maximum absolute atomic E-state index is 12.7. The molecule has 3 unspecified atom stereocenters. The maximum Gasteiger partial charge on any atom is 0.472 e. The number of phosphoric acid groups is 1. The molecule has 0 spiro atoms. The predicted molar refractivity (Wildman–Crippen MR) is 278 cm³/mol. The number of carbonyl (C=O) groups excluding carboxylic acids is 1. The number of esters is 1. The van der Waals surface area contributed by atoms with Crippen molar-refractivity contribution in [2.24, 2.45) is 0 Å². The standard InChI is InChI=1S/C56H89O9P/c1-3-5-7-9-11-13-15-17-19-21-23-25-27-28-30-32-34-36-38-40-42-44-46-48-56(59)65-55(53-64-66(60,61)63-51-54(58)50-57)52-62-49-47-45-43-41-39-37-35-33-31-29-26-24-22-20-18-16-14-12-10-8-6-4-2/h5-8,11-14,17-20,23-26,28,30-31,33-34,36,40,42,54-55,57-58H,3-4,9-10,15-16,21-22,27,29,32,35,37-39,41,43-53H2,1-2H3,(H,60,61)/b7-5-,8-6-,13-11-,14-12-,19-17-,20-18-,25-23-,26-24-,30-28-,33-31-,36-34-,42-40-. The van der Waals surface area contributed by atoms with Gasteiger partial charge in [-0.05, 0) is 109 Å². The zero-order valence-corrected chi connectivity index (χ0v) is 41.7. The molecule has 3 N–H and O–H groups in total. The van der Waals surface area contributed by atoms with Gasteiger partial charge in [-0.1, -0.05) is 185 Å². The molecular weight excluding hydrogens is 848 g/mol. The van der Waals surface area contributed by atoms with E-state index in [1.54, 1.807) is 0 Å². The lowest BCUT2D eigenvalue weighted by Crippen LogP contribution is -2.29. The third-order valence-electron chi connectivity index (χ3n) is 9.52. The van der Waals surface area contributed by atoms with Crippen LogP contribution in [0.4, 0.5) is 0 Å². The first-order chi connectivity index (χ1) is 32.3. The van der Waals surface area contributed by atoms with Crippen molar-refractivity contribution in [1.29, 1.82) is 0 Å². The van der Waals surface area contributed by atoms with E-state index >= 15 is 0 Å². The summed E-state index contributed by atoms with van der Waals surface area (Å²) in [5.74, 6) is -0.452. The fourth-order valence-corrected chi connectivity index (χ4v) is 6.63. The average molecular weight is 937 g/mol. The minimum atomic E-state index is -4.56. The Morgan fingerprint density at radius 1 is 0.470 bits per heavy atom. The van der Waals surface area contributed by atoms with E-state index in [0.29, 0.717) is 19.4 Å². The Hall–Kier alpha value is -3.66. The average Bonchev–Trinajstić information content (AvgIpc) is 3.31. The Kier molecular flexibility index (Phi) is 47.9. The number of phosphoric ester groups is 1. The fourth-order valence-electron chi connectivity index (χ4n) is 5.84. The number of aliphatic hydroxyl groups is 2. The second-order valence-electron chi connectivity index (χ2n) is 15.7. The van der Waals surface area contributed by atoms with Crippen LogP contribution in [0, 0.1) is 0 Å². The van der Waals surface area contributed by atoms with Gasteiger partial charge in [-0.3, -0.25) is 13.8 Å². The number of unbranched alkanes of at least 4 members (excludes halogenated alkanes) is 7. The van der Waals surface area contributed by atoms with Gasteiger partial charge in [0.05, 0.1) is 26.4 Å². The lowest BCUT2D eigenvalue weighted by atomic mass is 10.1. The summed E-state index contributed by atoms with van der Waals surface area (Å²) < 4.78 is 33.4. The van der Waals surface area contributed by atoms with Crippen molar-refractivity contribution in [3.05, 3.63) is 146 Å². The van der Waals surface area contributed by atoms with E-state index in [4.69, 9.17) is 23.6 Å². The van der Waals surface area contributed by atoms with E-state index in [9.17, 15) is 19.4 Å². The molecular formula is C56H89O9P. The first-order valence-electron chi connectivity index (χ1n) is 24.8. The molecule has 0 radical (unpaired) electrons. The van der Waals surface area contributed by atoms with Crippen LogP contribution in [-0.2, 0) is 27.9 Å². The van der Waals surface area contributed by atoms with Gasteiger partial charge in [-0.25, -0.2) is 4.57 Å². The summed E-state index contributed by atoms with van der Waals surface area (Å²) in [6, 6.07) is 0. The summed E-state index contributed by atoms with van der Waals surface area (Å²) in [7, 11) is -4.56. The molecule has 0 fully saturated rings. The van der Waals surface area contributed by atoms with Crippen molar-refractivity contribution in [1.82, 2.24) is 0 Å². The summed E-state index contributed by atoms with van der Waals surface area (Å²) in [6.45, 7) is 3.14. The van der Waals surface area contributed by atoms with E-state index in [0.717, 1.165) is 109 Å². The Bertz CT molecular complexity index is 1530. The highest BCUT2D eigenvalue weighted by Crippen LogP contribution is 2.43. The molecule has 0 amide bonds. The third-order valence-corrected chi connectivity index (χ3v) is 10.5. The summed E-state index contributed by atoms with van der Waals surface area (Å²) >= 11 is 0. The predicted octanol–water partition coefficient (Wildman–Crippen LogP) is 14.7. The molecule has 372 valence electrons. The van der Waals surface area contributed by atoms with Crippen LogP contribution in [0.2, 0.25) is 0 Å². The Morgan fingerprint density at radius 3 is 1.23 bits per heavy atom.